The van der Waals surface area contributed by atoms with Crippen LogP contribution in [0.3, 0.4) is 0 Å². The maximum Gasteiger partial charge on any atom is 0.416 e. The van der Waals surface area contributed by atoms with Crippen LogP contribution in [0.15, 0.2) is 66.0 Å². The molecule has 1 N–H and O–H groups in total. The van der Waals surface area contributed by atoms with E-state index in [0.29, 0.717) is 27.0 Å². The number of rotatable bonds is 5. The first kappa shape index (κ1) is 22.4. The number of halogens is 5. The zero-order valence-corrected chi connectivity index (χ0v) is 18.5. The molecule has 2 heterocycles. The predicted octanol–water partition coefficient (Wildman–Crippen LogP) is 6.86. The Morgan fingerprint density at radius 2 is 1.84 bits per heavy atom. The molecule has 4 rings (SSSR count). The van der Waals surface area contributed by atoms with Crippen LogP contribution in [-0.2, 0) is 12.7 Å². The maximum absolute atomic E-state index is 13.0. The largest absolute Gasteiger partial charge is 0.416 e. The molecule has 0 saturated heterocycles. The Bertz CT molecular complexity index is 1270. The number of nitrogens with zero attached hydrogens (tertiary/aromatic N) is 2. The predicted molar refractivity (Wildman–Crippen MR) is 120 cm³/mol. The van der Waals surface area contributed by atoms with Crippen molar-refractivity contribution in [3.63, 3.8) is 0 Å². The van der Waals surface area contributed by atoms with E-state index in [9.17, 15) is 18.0 Å². The van der Waals surface area contributed by atoms with E-state index in [1.54, 1.807) is 24.3 Å². The van der Waals surface area contributed by atoms with Gasteiger partial charge in [-0.3, -0.25) is 4.79 Å². The average Bonchev–Trinajstić information content (AvgIpc) is 3.43. The molecule has 0 fully saturated rings. The van der Waals surface area contributed by atoms with E-state index in [2.05, 4.69) is 10.4 Å². The van der Waals surface area contributed by atoms with Crippen molar-refractivity contribution in [1.29, 1.82) is 0 Å². The van der Waals surface area contributed by atoms with Crippen LogP contribution in [0.2, 0.25) is 10.0 Å². The number of hydrogen-bond donors (Lipinski definition) is 1. The lowest BCUT2D eigenvalue weighted by atomic mass is 10.1. The minimum Gasteiger partial charge on any atom is -0.347 e. The van der Waals surface area contributed by atoms with Crippen LogP contribution in [0, 0.1) is 0 Å². The third kappa shape index (κ3) is 4.82. The van der Waals surface area contributed by atoms with Gasteiger partial charge in [-0.25, -0.2) is 4.68 Å². The molecule has 32 heavy (non-hydrogen) atoms. The summed E-state index contributed by atoms with van der Waals surface area (Å²) in [4.78, 5) is 13.8. The van der Waals surface area contributed by atoms with E-state index in [4.69, 9.17) is 23.2 Å². The molecule has 164 valence electrons. The molecule has 10 heteroatoms. The molecular weight excluding hydrogens is 482 g/mol. The van der Waals surface area contributed by atoms with Gasteiger partial charge >= 0.3 is 6.18 Å². The van der Waals surface area contributed by atoms with Gasteiger partial charge in [0, 0.05) is 6.54 Å². The first-order valence-corrected chi connectivity index (χ1v) is 10.9. The van der Waals surface area contributed by atoms with Crippen LogP contribution in [0.25, 0.3) is 16.3 Å². The van der Waals surface area contributed by atoms with Crippen molar-refractivity contribution in [2.45, 2.75) is 12.7 Å². The van der Waals surface area contributed by atoms with E-state index in [1.807, 2.05) is 17.5 Å². The Balaban J connectivity index is 1.64. The van der Waals surface area contributed by atoms with Crippen LogP contribution in [0.1, 0.15) is 21.6 Å². The number of aromatic nitrogens is 2. The number of nitrogens with one attached hydrogen (secondary N) is 1. The number of hydrogen-bond acceptors (Lipinski definition) is 3. The number of carbonyl (C=O) groups excluding carboxylic acids is 1. The highest BCUT2D eigenvalue weighted by Crippen LogP contribution is 2.30. The van der Waals surface area contributed by atoms with Gasteiger partial charge in [0.05, 0.1) is 26.2 Å². The molecule has 2 aromatic carbocycles. The normalized spacial score (nSPS) is 11.5. The zero-order chi connectivity index (χ0) is 22.9. The summed E-state index contributed by atoms with van der Waals surface area (Å²) in [5.74, 6) is -0.496. The Kier molecular flexibility index (Phi) is 6.28. The van der Waals surface area contributed by atoms with Gasteiger partial charge in [0.25, 0.3) is 5.91 Å². The third-order valence-electron chi connectivity index (χ3n) is 4.57. The number of alkyl halides is 3. The lowest BCUT2D eigenvalue weighted by Gasteiger charge is -2.11. The summed E-state index contributed by atoms with van der Waals surface area (Å²) < 4.78 is 40.3. The summed E-state index contributed by atoms with van der Waals surface area (Å²) in [6.07, 6.45) is -4.46. The minimum atomic E-state index is -4.46. The summed E-state index contributed by atoms with van der Waals surface area (Å²) in [5.41, 5.74) is 0.859. The number of carbonyl (C=O) groups is 1. The fourth-order valence-electron chi connectivity index (χ4n) is 3.03. The highest BCUT2D eigenvalue weighted by Gasteiger charge is 2.30. The molecule has 0 aliphatic carbocycles. The highest BCUT2D eigenvalue weighted by atomic mass is 35.5. The Morgan fingerprint density at radius 3 is 2.53 bits per heavy atom. The molecule has 0 aliphatic heterocycles. The van der Waals surface area contributed by atoms with Crippen LogP contribution in [-0.4, -0.2) is 15.7 Å². The molecule has 0 aliphatic rings. The summed E-state index contributed by atoms with van der Waals surface area (Å²) in [7, 11) is 0. The van der Waals surface area contributed by atoms with Crippen molar-refractivity contribution in [1.82, 2.24) is 15.1 Å². The van der Waals surface area contributed by atoms with Crippen molar-refractivity contribution in [3.05, 3.63) is 92.9 Å². The second-order valence-corrected chi connectivity index (χ2v) is 8.55. The fourth-order valence-corrected chi connectivity index (χ4v) is 4.01. The first-order valence-electron chi connectivity index (χ1n) is 9.26. The van der Waals surface area contributed by atoms with Gasteiger partial charge < -0.3 is 5.32 Å². The van der Waals surface area contributed by atoms with E-state index in [0.717, 1.165) is 17.0 Å². The van der Waals surface area contributed by atoms with Crippen molar-refractivity contribution >= 4 is 40.4 Å². The van der Waals surface area contributed by atoms with Gasteiger partial charge in [-0.05, 0) is 53.4 Å². The Morgan fingerprint density at radius 1 is 1.03 bits per heavy atom. The lowest BCUT2D eigenvalue weighted by molar-refractivity contribution is -0.137. The molecule has 0 spiro atoms. The molecule has 0 saturated carbocycles. The van der Waals surface area contributed by atoms with E-state index in [1.165, 1.54) is 28.2 Å². The van der Waals surface area contributed by atoms with E-state index >= 15 is 0 Å². The molecule has 0 atom stereocenters. The Hall–Kier alpha value is -2.81. The SMILES string of the molecule is O=C(NCc1cccc(C(F)(F)F)c1)c1cc(-c2cccs2)nn1-c1ccc(Cl)c(Cl)c1. The number of amides is 1. The summed E-state index contributed by atoms with van der Waals surface area (Å²) in [6, 6.07) is 15.0. The van der Waals surface area contributed by atoms with Crippen LogP contribution in [0.5, 0.6) is 0 Å². The minimum absolute atomic E-state index is 0.0797. The molecule has 4 nitrogen and oxygen atoms in total. The van der Waals surface area contributed by atoms with Crippen LogP contribution < -0.4 is 5.32 Å². The molecule has 0 radical (unpaired) electrons. The summed E-state index contributed by atoms with van der Waals surface area (Å²) in [6.45, 7) is -0.0797. The number of thiophene rings is 1. The van der Waals surface area contributed by atoms with Crippen molar-refractivity contribution in [2.75, 3.05) is 0 Å². The molecule has 4 aromatic rings. The van der Waals surface area contributed by atoms with Gasteiger partial charge in [0.2, 0.25) is 0 Å². The third-order valence-corrected chi connectivity index (χ3v) is 6.20. The number of benzene rings is 2. The quantitative estimate of drug-likeness (QED) is 0.328. The molecule has 2 aromatic heterocycles. The molecule has 0 bridgehead atoms. The van der Waals surface area contributed by atoms with Crippen molar-refractivity contribution in [3.8, 4) is 16.3 Å². The monoisotopic (exact) mass is 495 g/mol. The second kappa shape index (κ2) is 8.97. The second-order valence-electron chi connectivity index (χ2n) is 6.78. The summed E-state index contributed by atoms with van der Waals surface area (Å²) >= 11 is 13.6. The first-order chi connectivity index (χ1) is 15.2. The highest BCUT2D eigenvalue weighted by molar-refractivity contribution is 7.13. The lowest BCUT2D eigenvalue weighted by Crippen LogP contribution is -2.25. The van der Waals surface area contributed by atoms with Crippen molar-refractivity contribution in [2.24, 2.45) is 0 Å². The molecule has 1 amide bonds. The van der Waals surface area contributed by atoms with Gasteiger partial charge in [-0.15, -0.1) is 11.3 Å². The van der Waals surface area contributed by atoms with Gasteiger partial charge in [-0.1, -0.05) is 41.4 Å². The van der Waals surface area contributed by atoms with Crippen molar-refractivity contribution < 1.29 is 18.0 Å². The smallest absolute Gasteiger partial charge is 0.347 e. The van der Waals surface area contributed by atoms with Crippen LogP contribution >= 0.6 is 34.5 Å². The topological polar surface area (TPSA) is 46.9 Å². The molecular formula is C22H14Cl2F3N3OS. The van der Waals surface area contributed by atoms with Gasteiger partial charge in [0.15, 0.2) is 0 Å². The molecule has 0 unspecified atom stereocenters. The maximum atomic E-state index is 13.0. The zero-order valence-electron chi connectivity index (χ0n) is 16.2. The summed E-state index contributed by atoms with van der Waals surface area (Å²) in [5, 5.41) is 9.74. The van der Waals surface area contributed by atoms with Gasteiger partial charge in [0.1, 0.15) is 11.4 Å². The Labute approximate surface area is 195 Å². The fraction of sp³-hybridized carbons (Fsp3) is 0.0909. The van der Waals surface area contributed by atoms with E-state index < -0.39 is 17.6 Å². The van der Waals surface area contributed by atoms with Gasteiger partial charge in [-0.2, -0.15) is 18.3 Å². The standard InChI is InChI=1S/C22H14Cl2F3N3OS/c23-16-7-6-15(10-17(16)24)30-19(11-18(29-30)20-5-2-8-32-20)21(31)28-12-13-3-1-4-14(9-13)22(25,26)27/h1-11H,12H2,(H,28,31). The van der Waals surface area contributed by atoms with E-state index in [-0.39, 0.29) is 12.2 Å². The average molecular weight is 496 g/mol. The van der Waals surface area contributed by atoms with Crippen LogP contribution in [0.4, 0.5) is 13.2 Å².